The van der Waals surface area contributed by atoms with Crippen LogP contribution in [0.5, 0.6) is 11.6 Å². The minimum absolute atomic E-state index is 0.448. The molecule has 5 aromatic rings. The third-order valence-electron chi connectivity index (χ3n) is 6.60. The maximum absolute atomic E-state index is 7.33. The lowest BCUT2D eigenvalue weighted by Crippen LogP contribution is -2.41. The predicted molar refractivity (Wildman–Crippen MR) is 132 cm³/mol. The van der Waals surface area contributed by atoms with Crippen molar-refractivity contribution in [3.63, 3.8) is 0 Å². The van der Waals surface area contributed by atoms with Gasteiger partial charge in [0.05, 0.1) is 30.8 Å². The molecule has 6 heteroatoms. The maximum Gasteiger partial charge on any atom is 0.214 e. The summed E-state index contributed by atoms with van der Waals surface area (Å²) in [4.78, 5) is 9.07. The molecule has 3 heterocycles. The first-order chi connectivity index (χ1) is 16.6. The van der Waals surface area contributed by atoms with Crippen LogP contribution < -0.4 is 15.2 Å². The summed E-state index contributed by atoms with van der Waals surface area (Å²) in [6.45, 7) is 0.448. The van der Waals surface area contributed by atoms with Crippen molar-refractivity contribution in [2.24, 2.45) is 12.8 Å². The van der Waals surface area contributed by atoms with E-state index in [1.54, 1.807) is 13.4 Å². The van der Waals surface area contributed by atoms with Gasteiger partial charge >= 0.3 is 0 Å². The molecule has 1 unspecified atom stereocenters. The van der Waals surface area contributed by atoms with E-state index in [1.165, 1.54) is 0 Å². The molecule has 1 aliphatic rings. The van der Waals surface area contributed by atoms with E-state index in [1.807, 2.05) is 60.3 Å². The van der Waals surface area contributed by atoms with Crippen LogP contribution in [0.25, 0.3) is 22.0 Å². The molecule has 0 radical (unpaired) electrons. The second kappa shape index (κ2) is 7.71. The molecule has 6 rings (SSSR count). The van der Waals surface area contributed by atoms with E-state index in [0.717, 1.165) is 50.2 Å². The number of hydrogen-bond donors (Lipinski definition) is 1. The minimum atomic E-state index is -0.956. The molecule has 2 aromatic heterocycles. The van der Waals surface area contributed by atoms with Crippen molar-refractivity contribution in [3.8, 4) is 22.8 Å². The van der Waals surface area contributed by atoms with Crippen molar-refractivity contribution in [1.82, 2.24) is 14.5 Å². The second-order valence-corrected chi connectivity index (χ2v) is 8.66. The average Bonchev–Trinajstić information content (AvgIpc) is 3.32. The van der Waals surface area contributed by atoms with Crippen LogP contribution in [-0.4, -0.2) is 21.6 Å². The summed E-state index contributed by atoms with van der Waals surface area (Å²) in [6.07, 6.45) is 3.60. The average molecular weight is 449 g/mol. The minimum Gasteiger partial charge on any atom is -0.489 e. The molecule has 1 atom stereocenters. The second-order valence-electron chi connectivity index (χ2n) is 8.66. The molecular weight excluding hydrogens is 424 g/mol. The van der Waals surface area contributed by atoms with Crippen molar-refractivity contribution in [1.29, 1.82) is 0 Å². The fraction of sp³-hybridized carbons (Fsp3) is 0.143. The lowest BCUT2D eigenvalue weighted by molar-refractivity contribution is 0.305. The van der Waals surface area contributed by atoms with Gasteiger partial charge in [-0.15, -0.1) is 0 Å². The van der Waals surface area contributed by atoms with Gasteiger partial charge in [0.15, 0.2) is 0 Å². The van der Waals surface area contributed by atoms with Gasteiger partial charge in [-0.05, 0) is 58.1 Å². The van der Waals surface area contributed by atoms with E-state index in [4.69, 9.17) is 20.2 Å². The van der Waals surface area contributed by atoms with Crippen molar-refractivity contribution in [2.45, 2.75) is 12.1 Å². The molecule has 0 aliphatic carbocycles. The van der Waals surface area contributed by atoms with Crippen LogP contribution in [0.2, 0.25) is 0 Å². The monoisotopic (exact) mass is 448 g/mol. The molecular formula is C28H24N4O2. The Balaban J connectivity index is 1.73. The Morgan fingerprint density at radius 2 is 1.85 bits per heavy atom. The molecule has 3 aromatic carbocycles. The third-order valence-corrected chi connectivity index (χ3v) is 6.60. The van der Waals surface area contributed by atoms with Crippen LogP contribution in [0.1, 0.15) is 22.4 Å². The molecule has 2 N–H and O–H groups in total. The van der Waals surface area contributed by atoms with Gasteiger partial charge in [-0.3, -0.25) is 0 Å². The Morgan fingerprint density at radius 3 is 2.68 bits per heavy atom. The highest BCUT2D eigenvalue weighted by atomic mass is 16.5. The van der Waals surface area contributed by atoms with Gasteiger partial charge < -0.3 is 19.8 Å². The largest absolute Gasteiger partial charge is 0.489 e. The predicted octanol–water partition coefficient (Wildman–Crippen LogP) is 4.79. The van der Waals surface area contributed by atoms with Crippen molar-refractivity contribution in [3.05, 3.63) is 108 Å². The highest BCUT2D eigenvalue weighted by Crippen LogP contribution is 2.39. The van der Waals surface area contributed by atoms with E-state index in [-0.39, 0.29) is 0 Å². The van der Waals surface area contributed by atoms with E-state index in [9.17, 15) is 0 Å². The Bertz CT molecular complexity index is 1540. The van der Waals surface area contributed by atoms with Gasteiger partial charge in [0.25, 0.3) is 0 Å². The summed E-state index contributed by atoms with van der Waals surface area (Å²) in [7, 11) is 3.60. The number of imidazole rings is 1. The van der Waals surface area contributed by atoms with E-state index < -0.39 is 5.54 Å². The fourth-order valence-electron chi connectivity index (χ4n) is 4.82. The quantitative estimate of drug-likeness (QED) is 0.420. The zero-order chi connectivity index (χ0) is 23.3. The van der Waals surface area contributed by atoms with Gasteiger partial charge in [-0.2, -0.15) is 0 Å². The topological polar surface area (TPSA) is 75.2 Å². The van der Waals surface area contributed by atoms with Crippen LogP contribution in [-0.2, 0) is 19.2 Å². The zero-order valence-corrected chi connectivity index (χ0v) is 19.0. The Kier molecular flexibility index (Phi) is 4.64. The van der Waals surface area contributed by atoms with Crippen molar-refractivity contribution >= 4 is 10.9 Å². The molecule has 1 aliphatic heterocycles. The maximum atomic E-state index is 7.33. The number of ether oxygens (including phenoxy) is 2. The first-order valence-electron chi connectivity index (χ1n) is 11.1. The molecule has 6 bridgehead atoms. The zero-order valence-electron chi connectivity index (χ0n) is 19.0. The van der Waals surface area contributed by atoms with Crippen molar-refractivity contribution in [2.75, 3.05) is 7.11 Å². The highest BCUT2D eigenvalue weighted by Gasteiger charge is 2.35. The molecule has 0 saturated heterocycles. The summed E-state index contributed by atoms with van der Waals surface area (Å²) in [5.41, 5.74) is 13.1. The number of fused-ring (bicyclic) bond motifs is 6. The van der Waals surface area contributed by atoms with Gasteiger partial charge in [0.1, 0.15) is 17.9 Å². The lowest BCUT2D eigenvalue weighted by Gasteiger charge is -2.32. The Hall–Kier alpha value is -4.16. The number of nitrogens with zero attached hydrogens (tertiary/aromatic N) is 3. The third kappa shape index (κ3) is 3.15. The van der Waals surface area contributed by atoms with E-state index in [2.05, 4.69) is 35.3 Å². The number of hydrogen-bond acceptors (Lipinski definition) is 5. The molecule has 0 spiro atoms. The first kappa shape index (κ1) is 20.4. The SMILES string of the molecule is COc1cc2c3cc(ccc3n1)C(N)(c1cncn1C)c1cccc(c1)OCc1cccc-2c1. The summed E-state index contributed by atoms with van der Waals surface area (Å²) in [6, 6.07) is 24.5. The summed E-state index contributed by atoms with van der Waals surface area (Å²) in [5, 5.41) is 1.00. The van der Waals surface area contributed by atoms with Gasteiger partial charge in [0, 0.05) is 18.5 Å². The molecule has 0 saturated carbocycles. The van der Waals surface area contributed by atoms with Crippen LogP contribution >= 0.6 is 0 Å². The van der Waals surface area contributed by atoms with Crippen LogP contribution in [0.3, 0.4) is 0 Å². The molecule has 34 heavy (non-hydrogen) atoms. The Morgan fingerprint density at radius 1 is 1.00 bits per heavy atom. The van der Waals surface area contributed by atoms with Crippen LogP contribution in [0.4, 0.5) is 0 Å². The molecule has 0 fully saturated rings. The number of benzene rings is 3. The normalized spacial score (nSPS) is 16.9. The van der Waals surface area contributed by atoms with Gasteiger partial charge in [-0.1, -0.05) is 36.4 Å². The van der Waals surface area contributed by atoms with E-state index >= 15 is 0 Å². The lowest BCUT2D eigenvalue weighted by atomic mass is 9.80. The number of rotatable bonds is 2. The number of nitrogens with two attached hydrogens (primary N) is 1. The van der Waals surface area contributed by atoms with Crippen molar-refractivity contribution < 1.29 is 9.47 Å². The number of aryl methyl sites for hydroxylation is 1. The summed E-state index contributed by atoms with van der Waals surface area (Å²) in [5.74, 6) is 1.33. The van der Waals surface area contributed by atoms with Gasteiger partial charge in [-0.25, -0.2) is 9.97 Å². The van der Waals surface area contributed by atoms with Crippen LogP contribution in [0, 0.1) is 0 Å². The smallest absolute Gasteiger partial charge is 0.214 e. The van der Waals surface area contributed by atoms with Crippen LogP contribution in [0.15, 0.2) is 85.3 Å². The molecule has 168 valence electrons. The summed E-state index contributed by atoms with van der Waals surface area (Å²) < 4.78 is 13.7. The Labute approximate surface area is 197 Å². The highest BCUT2D eigenvalue weighted by molar-refractivity contribution is 5.96. The fourth-order valence-corrected chi connectivity index (χ4v) is 4.82. The summed E-state index contributed by atoms with van der Waals surface area (Å²) >= 11 is 0. The first-order valence-corrected chi connectivity index (χ1v) is 11.1. The number of pyridine rings is 1. The number of methoxy groups -OCH3 is 1. The van der Waals surface area contributed by atoms with E-state index in [0.29, 0.717) is 12.5 Å². The molecule has 0 amide bonds. The molecule has 6 nitrogen and oxygen atoms in total. The van der Waals surface area contributed by atoms with Gasteiger partial charge in [0.2, 0.25) is 5.88 Å². The number of aromatic nitrogens is 3. The standard InChI is InChI=1S/C28H24N4O2/c1-32-17-30-15-26(32)28(29)20-7-4-8-22(12-20)34-16-18-5-3-6-19(11-18)23-14-27(33-2)31-25-10-9-21(28)13-24(23)25/h3-15,17H,16,29H2,1-2H3.